The number of carbonyl (C=O) groups excluding carboxylic acids is 1. The maximum Gasteiger partial charge on any atom is 0.410 e. The Morgan fingerprint density at radius 3 is 1.96 bits per heavy atom. The molecule has 0 fully saturated rings. The molecule has 1 amide bonds. The molecule has 0 radical (unpaired) electrons. The second-order valence-corrected chi connectivity index (χ2v) is 7.88. The molecule has 0 aliphatic heterocycles. The summed E-state index contributed by atoms with van der Waals surface area (Å²) < 4.78 is 5.99. The van der Waals surface area contributed by atoms with Crippen LogP contribution in [-0.2, 0) is 11.2 Å². The molecular formula is C24H34N2O2. The fourth-order valence-electron chi connectivity index (χ4n) is 3.42. The highest BCUT2D eigenvalue weighted by Crippen LogP contribution is 2.21. The molecule has 2 aromatic carbocycles. The number of benzene rings is 2. The zero-order valence-electron chi connectivity index (χ0n) is 17.8. The van der Waals surface area contributed by atoms with Gasteiger partial charge < -0.3 is 14.5 Å². The smallest absolute Gasteiger partial charge is 0.410 e. The van der Waals surface area contributed by atoms with E-state index in [0.717, 1.165) is 18.5 Å². The summed E-state index contributed by atoms with van der Waals surface area (Å²) in [6.45, 7) is 9.64. The van der Waals surface area contributed by atoms with Crippen molar-refractivity contribution >= 4 is 6.09 Å². The molecule has 0 saturated heterocycles. The molecule has 4 nitrogen and oxygen atoms in total. The van der Waals surface area contributed by atoms with Crippen LogP contribution in [0.25, 0.3) is 0 Å². The Hall–Kier alpha value is -2.33. The highest BCUT2D eigenvalue weighted by Gasteiger charge is 2.26. The Balaban J connectivity index is 2.06. The topological polar surface area (TPSA) is 32.8 Å². The fraction of sp³-hybridized carbons (Fsp3) is 0.458. The molecule has 28 heavy (non-hydrogen) atoms. The molecule has 1 atom stereocenters. The highest BCUT2D eigenvalue weighted by atomic mass is 16.6. The van der Waals surface area contributed by atoms with E-state index in [1.165, 1.54) is 5.56 Å². The number of amides is 1. The van der Waals surface area contributed by atoms with Gasteiger partial charge in [0, 0.05) is 25.2 Å². The predicted octanol–water partition coefficient (Wildman–Crippen LogP) is 5.16. The van der Waals surface area contributed by atoms with Crippen LogP contribution in [0.3, 0.4) is 0 Å². The van der Waals surface area contributed by atoms with Gasteiger partial charge in [-0.2, -0.15) is 0 Å². The molecule has 2 aromatic rings. The number of hydrogen-bond donors (Lipinski definition) is 0. The maximum atomic E-state index is 12.9. The molecule has 152 valence electrons. The third-order valence-corrected chi connectivity index (χ3v) is 4.84. The number of rotatable bonds is 9. The van der Waals surface area contributed by atoms with Crippen LogP contribution >= 0.6 is 0 Å². The summed E-state index contributed by atoms with van der Waals surface area (Å²) in [7, 11) is 2.08. The number of carbonyl (C=O) groups is 1. The second kappa shape index (κ2) is 10.9. The molecule has 2 rings (SSSR count). The average molecular weight is 383 g/mol. The Morgan fingerprint density at radius 1 is 0.893 bits per heavy atom. The van der Waals surface area contributed by atoms with Crippen LogP contribution in [0.4, 0.5) is 4.79 Å². The normalized spacial score (nSPS) is 12.4. The van der Waals surface area contributed by atoms with Crippen molar-refractivity contribution in [3.63, 3.8) is 0 Å². The molecule has 0 heterocycles. The van der Waals surface area contributed by atoms with Gasteiger partial charge in [0.25, 0.3) is 0 Å². The molecule has 0 aromatic heterocycles. The summed E-state index contributed by atoms with van der Waals surface area (Å²) in [6, 6.07) is 20.7. The number of hydrogen-bond acceptors (Lipinski definition) is 3. The maximum absolute atomic E-state index is 12.9. The summed E-state index contributed by atoms with van der Waals surface area (Å²) in [5.74, 6) is 0. The van der Waals surface area contributed by atoms with E-state index >= 15 is 0 Å². The highest BCUT2D eigenvalue weighted by molar-refractivity contribution is 5.68. The minimum Gasteiger partial charge on any atom is -0.440 e. The minimum atomic E-state index is -0.297. The van der Waals surface area contributed by atoms with Gasteiger partial charge in [0.05, 0.1) is 0 Å². The van der Waals surface area contributed by atoms with Crippen LogP contribution in [-0.4, -0.2) is 48.1 Å². The summed E-state index contributed by atoms with van der Waals surface area (Å²) in [5, 5.41) is 0. The van der Waals surface area contributed by atoms with E-state index in [-0.39, 0.29) is 24.3 Å². The van der Waals surface area contributed by atoms with E-state index in [1.807, 2.05) is 64.1 Å². The number of ether oxygens (including phenoxy) is 1. The van der Waals surface area contributed by atoms with Crippen LogP contribution in [0.5, 0.6) is 0 Å². The van der Waals surface area contributed by atoms with Crippen LogP contribution in [0, 0.1) is 0 Å². The van der Waals surface area contributed by atoms with Gasteiger partial charge in [0.15, 0.2) is 0 Å². The van der Waals surface area contributed by atoms with Gasteiger partial charge in [-0.3, -0.25) is 0 Å². The molecule has 0 bridgehead atoms. The molecule has 0 spiro atoms. The number of nitrogens with zero attached hydrogens (tertiary/aromatic N) is 2. The first kappa shape index (κ1) is 22.0. The van der Waals surface area contributed by atoms with Crippen molar-refractivity contribution in [1.29, 1.82) is 0 Å². The molecule has 0 aliphatic rings. The molecule has 0 saturated carbocycles. The second-order valence-electron chi connectivity index (χ2n) is 7.88. The van der Waals surface area contributed by atoms with Crippen LogP contribution in [0.1, 0.15) is 44.9 Å². The first-order valence-electron chi connectivity index (χ1n) is 10.1. The van der Waals surface area contributed by atoms with Gasteiger partial charge in [-0.25, -0.2) is 4.79 Å². The van der Waals surface area contributed by atoms with Crippen molar-refractivity contribution in [2.45, 2.75) is 52.3 Å². The Morgan fingerprint density at radius 2 is 1.43 bits per heavy atom. The third-order valence-electron chi connectivity index (χ3n) is 4.84. The molecule has 0 aliphatic carbocycles. The van der Waals surface area contributed by atoms with Gasteiger partial charge >= 0.3 is 6.09 Å². The van der Waals surface area contributed by atoms with Gasteiger partial charge in [-0.1, -0.05) is 60.7 Å². The Kier molecular flexibility index (Phi) is 8.52. The van der Waals surface area contributed by atoms with Crippen LogP contribution in [0.15, 0.2) is 60.7 Å². The van der Waals surface area contributed by atoms with E-state index in [2.05, 4.69) is 36.2 Å². The monoisotopic (exact) mass is 382 g/mol. The van der Waals surface area contributed by atoms with E-state index < -0.39 is 0 Å². The SMILES string of the molecule is CC(C)N(C(=O)OC(CN(C)CCc1ccccc1)c1ccccc1)C(C)C. The summed E-state index contributed by atoms with van der Waals surface area (Å²) >= 11 is 0. The zero-order valence-corrected chi connectivity index (χ0v) is 17.8. The average Bonchev–Trinajstić information content (AvgIpc) is 2.67. The van der Waals surface area contributed by atoms with Crippen molar-refractivity contribution in [3.8, 4) is 0 Å². The van der Waals surface area contributed by atoms with Gasteiger partial charge in [0.1, 0.15) is 6.10 Å². The van der Waals surface area contributed by atoms with Crippen molar-refractivity contribution in [2.75, 3.05) is 20.1 Å². The fourth-order valence-corrected chi connectivity index (χ4v) is 3.42. The summed E-state index contributed by atoms with van der Waals surface area (Å²) in [5.41, 5.74) is 2.34. The summed E-state index contributed by atoms with van der Waals surface area (Å²) in [6.07, 6.45) is 0.418. The van der Waals surface area contributed by atoms with Gasteiger partial charge in [-0.05, 0) is 52.3 Å². The number of likely N-dealkylation sites (N-methyl/N-ethyl adjacent to an activating group) is 1. The zero-order chi connectivity index (χ0) is 20.5. The van der Waals surface area contributed by atoms with E-state index in [0.29, 0.717) is 6.54 Å². The lowest BCUT2D eigenvalue weighted by Crippen LogP contribution is -2.43. The largest absolute Gasteiger partial charge is 0.440 e. The van der Waals surface area contributed by atoms with E-state index in [1.54, 1.807) is 4.90 Å². The van der Waals surface area contributed by atoms with E-state index in [4.69, 9.17) is 4.74 Å². The minimum absolute atomic E-state index is 0.0970. The van der Waals surface area contributed by atoms with E-state index in [9.17, 15) is 4.79 Å². The van der Waals surface area contributed by atoms with Crippen LogP contribution in [0.2, 0.25) is 0 Å². The standard InChI is InChI=1S/C24H34N2O2/c1-19(2)26(20(3)4)24(27)28-23(22-14-10-7-11-15-22)18-25(5)17-16-21-12-8-6-9-13-21/h6-15,19-20,23H,16-18H2,1-5H3. The Labute approximate surface area is 170 Å². The predicted molar refractivity (Wildman–Crippen MR) is 115 cm³/mol. The lowest BCUT2D eigenvalue weighted by molar-refractivity contribution is 0.0324. The van der Waals surface area contributed by atoms with Crippen molar-refractivity contribution in [2.24, 2.45) is 0 Å². The molecule has 1 unspecified atom stereocenters. The molecular weight excluding hydrogens is 348 g/mol. The van der Waals surface area contributed by atoms with Crippen molar-refractivity contribution in [1.82, 2.24) is 9.80 Å². The lowest BCUT2D eigenvalue weighted by atomic mass is 10.1. The van der Waals surface area contributed by atoms with Gasteiger partial charge in [0.2, 0.25) is 0 Å². The third kappa shape index (κ3) is 6.68. The molecule has 4 heteroatoms. The van der Waals surface area contributed by atoms with Crippen molar-refractivity contribution in [3.05, 3.63) is 71.8 Å². The summed E-state index contributed by atoms with van der Waals surface area (Å²) in [4.78, 5) is 16.9. The first-order chi connectivity index (χ1) is 13.4. The van der Waals surface area contributed by atoms with Crippen molar-refractivity contribution < 1.29 is 9.53 Å². The first-order valence-corrected chi connectivity index (χ1v) is 10.1. The Bertz CT molecular complexity index is 693. The quantitative estimate of drug-likeness (QED) is 0.601. The molecule has 0 N–H and O–H groups in total. The lowest BCUT2D eigenvalue weighted by Gasteiger charge is -2.32. The van der Waals surface area contributed by atoms with Crippen LogP contribution < -0.4 is 0 Å². The van der Waals surface area contributed by atoms with Gasteiger partial charge in [-0.15, -0.1) is 0 Å².